The Labute approximate surface area is 234 Å². The summed E-state index contributed by atoms with van der Waals surface area (Å²) in [5, 5.41) is 0.990. The van der Waals surface area contributed by atoms with Gasteiger partial charge in [0.1, 0.15) is 5.82 Å². The first kappa shape index (κ1) is 27.0. The molecule has 1 aliphatic carbocycles. The predicted molar refractivity (Wildman–Crippen MR) is 139 cm³/mol. The summed E-state index contributed by atoms with van der Waals surface area (Å²) >= 11 is 12.7. The number of nitrogens with one attached hydrogen (secondary N) is 2. The van der Waals surface area contributed by atoms with Crippen LogP contribution >= 0.6 is 23.2 Å². The van der Waals surface area contributed by atoms with Gasteiger partial charge in [0.05, 0.1) is 28.3 Å². The fourth-order valence-electron chi connectivity index (χ4n) is 6.62. The molecule has 2 aromatic rings. The van der Waals surface area contributed by atoms with Gasteiger partial charge in [-0.05, 0) is 43.7 Å². The number of carbonyl (C=O) groups is 1. The summed E-state index contributed by atoms with van der Waals surface area (Å²) in [6.07, 6.45) is 2.77. The Bertz CT molecular complexity index is 1210. The molecule has 2 N–H and O–H groups in total. The lowest BCUT2D eigenvalue weighted by atomic mass is 9.72. The van der Waals surface area contributed by atoms with Gasteiger partial charge in [0.15, 0.2) is 0 Å². The second-order valence-corrected chi connectivity index (χ2v) is 12.0. The van der Waals surface area contributed by atoms with Crippen molar-refractivity contribution in [3.05, 3.63) is 51.9 Å². The highest BCUT2D eigenvalue weighted by atomic mass is 35.5. The van der Waals surface area contributed by atoms with E-state index in [9.17, 15) is 18.0 Å². The Balaban J connectivity index is 1.05. The van der Waals surface area contributed by atoms with Crippen molar-refractivity contribution in [3.63, 3.8) is 0 Å². The van der Waals surface area contributed by atoms with E-state index in [2.05, 4.69) is 26.9 Å². The molecule has 6 rings (SSSR count). The summed E-state index contributed by atoms with van der Waals surface area (Å²) in [6.45, 7) is 3.43. The van der Waals surface area contributed by atoms with Gasteiger partial charge >= 0.3 is 12.1 Å². The van der Waals surface area contributed by atoms with Gasteiger partial charge in [-0.3, -0.25) is 15.2 Å². The molecular formula is C26H29Cl2F3N6O2. The number of amides is 1. The summed E-state index contributed by atoms with van der Waals surface area (Å²) in [5.74, 6) is -0.650. The van der Waals surface area contributed by atoms with Crippen LogP contribution in [0.25, 0.3) is 0 Å². The van der Waals surface area contributed by atoms with Crippen LogP contribution in [0.3, 0.4) is 0 Å². The number of pyridine rings is 2. The van der Waals surface area contributed by atoms with Crippen molar-refractivity contribution < 1.29 is 22.7 Å². The first-order valence-corrected chi connectivity index (χ1v) is 13.8. The molecule has 3 aliphatic heterocycles. The maximum Gasteiger partial charge on any atom is 0.471 e. The van der Waals surface area contributed by atoms with Crippen LogP contribution < -0.4 is 15.8 Å². The first-order valence-electron chi connectivity index (χ1n) is 13.1. The molecule has 4 fully saturated rings. The molecule has 5 atom stereocenters. The second-order valence-electron chi connectivity index (χ2n) is 11.2. The van der Waals surface area contributed by atoms with Gasteiger partial charge < -0.3 is 14.5 Å². The largest absolute Gasteiger partial charge is 0.471 e. The lowest BCUT2D eigenvalue weighted by Crippen LogP contribution is -2.74. The minimum absolute atomic E-state index is 0.0570. The van der Waals surface area contributed by atoms with E-state index < -0.39 is 12.1 Å². The van der Waals surface area contributed by atoms with Gasteiger partial charge in [-0.1, -0.05) is 29.3 Å². The molecular weight excluding hydrogens is 556 g/mol. The second kappa shape index (κ2) is 10.0. The Morgan fingerprint density at radius 1 is 1.10 bits per heavy atom. The van der Waals surface area contributed by atoms with Crippen molar-refractivity contribution in [3.8, 4) is 0 Å². The molecule has 1 amide bonds. The van der Waals surface area contributed by atoms with Crippen molar-refractivity contribution in [1.82, 2.24) is 25.7 Å². The Hall–Kier alpha value is -2.18. The highest BCUT2D eigenvalue weighted by Gasteiger charge is 2.57. The Morgan fingerprint density at radius 3 is 2.46 bits per heavy atom. The molecule has 1 saturated carbocycles. The number of anilines is 1. The molecule has 3 saturated heterocycles. The van der Waals surface area contributed by atoms with Crippen molar-refractivity contribution in [2.45, 2.75) is 56.7 Å². The Morgan fingerprint density at radius 2 is 1.82 bits per heavy atom. The molecule has 1 spiro atoms. The van der Waals surface area contributed by atoms with E-state index >= 15 is 0 Å². The number of aromatic nitrogens is 2. The number of fused-ring (bicyclic) bond motifs is 1. The molecule has 8 nitrogen and oxygen atoms in total. The highest BCUT2D eigenvalue weighted by molar-refractivity contribution is 6.35. The highest BCUT2D eigenvalue weighted by Crippen LogP contribution is 2.44. The van der Waals surface area contributed by atoms with E-state index in [1.165, 1.54) is 0 Å². The van der Waals surface area contributed by atoms with Gasteiger partial charge in [0.25, 0.3) is 0 Å². The number of hydrogen-bond acceptors (Lipinski definition) is 7. The number of hydrazine groups is 1. The average molecular weight is 585 g/mol. The number of alkyl halides is 3. The summed E-state index contributed by atoms with van der Waals surface area (Å²) < 4.78 is 44.3. The van der Waals surface area contributed by atoms with Crippen LogP contribution in [0.1, 0.15) is 49.5 Å². The minimum atomic E-state index is -4.81. The zero-order valence-electron chi connectivity index (χ0n) is 21.2. The maximum atomic E-state index is 12.6. The standard InChI is InChI=1S/C26H29Cl2F3N6O2/c1-14(22-18(27)8-32-9-19(22)28)39-16-3-4-20-17(6-16)23(35-34-20)15-2-5-21(33-7-15)36-10-25(11-36)12-37(13-25)24(38)26(29,30)31/h2,5,7-9,14,16-17,20,23,34-35H,3-4,6,10-13H2,1H3/t14-,16?,17?,20?,23?/m1/s1. The van der Waals surface area contributed by atoms with E-state index in [0.29, 0.717) is 35.1 Å². The van der Waals surface area contributed by atoms with Crippen LogP contribution in [0, 0.1) is 11.3 Å². The van der Waals surface area contributed by atoms with Crippen molar-refractivity contribution in [1.29, 1.82) is 0 Å². The predicted octanol–water partition coefficient (Wildman–Crippen LogP) is 4.46. The molecule has 0 bridgehead atoms. The zero-order chi connectivity index (χ0) is 27.5. The normalized spacial score (nSPS) is 28.6. The van der Waals surface area contributed by atoms with Gasteiger partial charge in [-0.25, -0.2) is 10.4 Å². The van der Waals surface area contributed by atoms with E-state index in [-0.39, 0.29) is 36.8 Å². The van der Waals surface area contributed by atoms with Gasteiger partial charge in [0, 0.05) is 61.8 Å². The monoisotopic (exact) mass is 584 g/mol. The number of hydrogen-bond donors (Lipinski definition) is 2. The van der Waals surface area contributed by atoms with Gasteiger partial charge in [0.2, 0.25) is 0 Å². The molecule has 2 aromatic heterocycles. The Kier molecular flexibility index (Phi) is 6.94. The van der Waals surface area contributed by atoms with Crippen LogP contribution in [0.2, 0.25) is 10.0 Å². The summed E-state index contributed by atoms with van der Waals surface area (Å²) in [4.78, 5) is 23.0. The van der Waals surface area contributed by atoms with E-state index in [0.717, 1.165) is 41.1 Å². The van der Waals surface area contributed by atoms with E-state index in [1.54, 1.807) is 12.4 Å². The van der Waals surface area contributed by atoms with Crippen molar-refractivity contribution in [2.75, 3.05) is 31.1 Å². The zero-order valence-corrected chi connectivity index (χ0v) is 22.7. The minimum Gasteiger partial charge on any atom is -0.370 e. The number of carbonyl (C=O) groups excluding carboxylic acids is 1. The van der Waals surface area contributed by atoms with Crippen LogP contribution in [-0.2, 0) is 9.53 Å². The van der Waals surface area contributed by atoms with Crippen LogP contribution in [0.5, 0.6) is 0 Å². The molecule has 4 unspecified atom stereocenters. The average Bonchev–Trinajstić information content (AvgIpc) is 3.25. The summed E-state index contributed by atoms with van der Waals surface area (Å²) in [6, 6.07) is 4.41. The molecule has 39 heavy (non-hydrogen) atoms. The quantitative estimate of drug-likeness (QED) is 0.537. The topological polar surface area (TPSA) is 82.6 Å². The molecule has 13 heteroatoms. The van der Waals surface area contributed by atoms with Gasteiger partial charge in [-0.15, -0.1) is 0 Å². The van der Waals surface area contributed by atoms with E-state index in [1.807, 2.05) is 24.1 Å². The smallest absolute Gasteiger partial charge is 0.370 e. The summed E-state index contributed by atoms with van der Waals surface area (Å²) in [5.41, 5.74) is 8.43. The third-order valence-electron chi connectivity index (χ3n) is 8.49. The number of rotatable bonds is 5. The first-order chi connectivity index (χ1) is 18.5. The third-order valence-corrected chi connectivity index (χ3v) is 9.09. The SMILES string of the molecule is C[C@@H](OC1CCC2NNC(c3ccc(N4CC5(CN(C(=O)C(F)(F)F)C5)C4)nc3)C2C1)c1c(Cl)cncc1Cl. The van der Waals surface area contributed by atoms with Crippen LogP contribution in [-0.4, -0.2) is 65.3 Å². The molecule has 210 valence electrons. The fraction of sp³-hybridized carbons (Fsp3) is 0.577. The molecule has 5 heterocycles. The number of likely N-dealkylation sites (tertiary alicyclic amines) is 1. The van der Waals surface area contributed by atoms with Crippen molar-refractivity contribution in [2.24, 2.45) is 11.3 Å². The number of nitrogens with zero attached hydrogens (tertiary/aromatic N) is 4. The van der Waals surface area contributed by atoms with Gasteiger partial charge in [-0.2, -0.15) is 13.2 Å². The molecule has 4 aliphatic rings. The van der Waals surface area contributed by atoms with E-state index in [4.69, 9.17) is 27.9 Å². The lowest BCUT2D eigenvalue weighted by molar-refractivity contribution is -0.197. The third kappa shape index (κ3) is 5.08. The molecule has 0 radical (unpaired) electrons. The number of halogens is 5. The summed E-state index contributed by atoms with van der Waals surface area (Å²) in [7, 11) is 0. The fourth-order valence-corrected chi connectivity index (χ4v) is 7.29. The molecule has 0 aromatic carbocycles. The number of ether oxygens (including phenoxy) is 1. The lowest BCUT2D eigenvalue weighted by Gasteiger charge is -2.60. The van der Waals surface area contributed by atoms with Crippen LogP contribution in [0.4, 0.5) is 19.0 Å². The van der Waals surface area contributed by atoms with Crippen molar-refractivity contribution >= 4 is 34.9 Å². The maximum absolute atomic E-state index is 12.6. The van der Waals surface area contributed by atoms with Crippen LogP contribution in [0.15, 0.2) is 30.7 Å².